The van der Waals surface area contributed by atoms with Crippen molar-refractivity contribution in [3.63, 3.8) is 0 Å². The van der Waals surface area contributed by atoms with Crippen LogP contribution in [0, 0.1) is 6.92 Å². The molecular weight excluding hydrogens is 214 g/mol. The predicted molar refractivity (Wildman–Crippen MR) is 75.2 cm³/mol. The van der Waals surface area contributed by atoms with Gasteiger partial charge in [0.25, 0.3) is 0 Å². The van der Waals surface area contributed by atoms with Crippen LogP contribution in [0.15, 0.2) is 24.3 Å². The Hall–Kier alpha value is -0.470. The van der Waals surface area contributed by atoms with Crippen LogP contribution in [0.3, 0.4) is 0 Å². The first kappa shape index (κ1) is 13.6. The van der Waals surface area contributed by atoms with Gasteiger partial charge in [-0.2, -0.15) is 12.6 Å². The molecule has 0 radical (unpaired) electrons. The molecule has 0 aromatic heterocycles. The van der Waals surface area contributed by atoms with E-state index < -0.39 is 0 Å². The van der Waals surface area contributed by atoms with E-state index in [-0.39, 0.29) is 0 Å². The molecule has 1 nitrogen and oxygen atoms in total. The normalized spacial score (nSPS) is 11.0. The largest absolute Gasteiger partial charge is 0.302 e. The molecule has 0 bridgehead atoms. The minimum Gasteiger partial charge on any atom is -0.302 e. The summed E-state index contributed by atoms with van der Waals surface area (Å²) in [5.74, 6) is 1.02. The zero-order chi connectivity index (χ0) is 11.8. The second-order valence-electron chi connectivity index (χ2n) is 4.51. The van der Waals surface area contributed by atoms with Crippen molar-refractivity contribution in [2.24, 2.45) is 0 Å². The Labute approximate surface area is 105 Å². The lowest BCUT2D eigenvalue weighted by Crippen LogP contribution is -2.19. The molecule has 0 aliphatic heterocycles. The Kier molecular flexibility index (Phi) is 6.58. The van der Waals surface area contributed by atoms with Gasteiger partial charge in [-0.3, -0.25) is 0 Å². The first-order valence-corrected chi connectivity index (χ1v) is 6.70. The van der Waals surface area contributed by atoms with Crippen molar-refractivity contribution in [2.45, 2.75) is 32.7 Å². The highest BCUT2D eigenvalue weighted by atomic mass is 32.1. The monoisotopic (exact) mass is 237 g/mol. The van der Waals surface area contributed by atoms with Gasteiger partial charge in [-0.05, 0) is 44.7 Å². The Balaban J connectivity index is 2.25. The number of nitrogens with zero attached hydrogens (tertiary/aromatic N) is 1. The van der Waals surface area contributed by atoms with Gasteiger partial charge in [0, 0.05) is 6.54 Å². The topological polar surface area (TPSA) is 3.24 Å². The number of benzene rings is 1. The molecule has 1 rings (SSSR count). The SMILES string of the molecule is Cc1cccc(CN(C)CCCCCS)c1. The van der Waals surface area contributed by atoms with E-state index in [4.69, 9.17) is 0 Å². The van der Waals surface area contributed by atoms with E-state index in [0.29, 0.717) is 0 Å². The quantitative estimate of drug-likeness (QED) is 0.561. The Morgan fingerprint density at radius 2 is 2.00 bits per heavy atom. The Morgan fingerprint density at radius 1 is 1.19 bits per heavy atom. The van der Waals surface area contributed by atoms with E-state index in [0.717, 1.165) is 12.3 Å². The molecule has 0 aliphatic rings. The van der Waals surface area contributed by atoms with Crippen LogP contribution < -0.4 is 0 Å². The molecule has 0 aliphatic carbocycles. The molecule has 1 aromatic rings. The summed E-state index contributed by atoms with van der Waals surface area (Å²) in [6.07, 6.45) is 3.81. The molecule has 90 valence electrons. The van der Waals surface area contributed by atoms with E-state index in [9.17, 15) is 0 Å². The van der Waals surface area contributed by atoms with Gasteiger partial charge in [0.1, 0.15) is 0 Å². The Morgan fingerprint density at radius 3 is 2.69 bits per heavy atom. The molecule has 0 unspecified atom stereocenters. The van der Waals surface area contributed by atoms with Gasteiger partial charge < -0.3 is 4.90 Å². The van der Waals surface area contributed by atoms with Crippen LogP contribution in [0.25, 0.3) is 0 Å². The number of unbranched alkanes of at least 4 members (excludes halogenated alkanes) is 2. The third-order valence-corrected chi connectivity index (χ3v) is 3.05. The molecular formula is C14H23NS. The van der Waals surface area contributed by atoms with Gasteiger partial charge in [-0.15, -0.1) is 0 Å². The molecule has 1 aromatic carbocycles. The number of aryl methyl sites for hydroxylation is 1. The van der Waals surface area contributed by atoms with Crippen molar-refractivity contribution >= 4 is 12.6 Å². The molecule has 2 heteroatoms. The van der Waals surface area contributed by atoms with E-state index in [1.54, 1.807) is 0 Å². The van der Waals surface area contributed by atoms with Gasteiger partial charge in [-0.1, -0.05) is 36.2 Å². The molecule has 16 heavy (non-hydrogen) atoms. The number of hydrogen-bond acceptors (Lipinski definition) is 2. The lowest BCUT2D eigenvalue weighted by molar-refractivity contribution is 0.318. The number of hydrogen-bond donors (Lipinski definition) is 1. The Bertz CT molecular complexity index is 299. The molecule has 0 saturated heterocycles. The van der Waals surface area contributed by atoms with Crippen LogP contribution in [0.2, 0.25) is 0 Å². The van der Waals surface area contributed by atoms with Gasteiger partial charge in [0.2, 0.25) is 0 Å². The highest BCUT2D eigenvalue weighted by molar-refractivity contribution is 7.80. The summed E-state index contributed by atoms with van der Waals surface area (Å²) in [6, 6.07) is 8.76. The molecule has 0 N–H and O–H groups in total. The van der Waals surface area contributed by atoms with E-state index >= 15 is 0 Å². The van der Waals surface area contributed by atoms with E-state index in [2.05, 4.69) is 55.8 Å². The zero-order valence-electron chi connectivity index (χ0n) is 10.4. The van der Waals surface area contributed by atoms with Crippen LogP contribution in [0.4, 0.5) is 0 Å². The summed E-state index contributed by atoms with van der Waals surface area (Å²) in [6.45, 7) is 4.39. The summed E-state index contributed by atoms with van der Waals surface area (Å²) in [5, 5.41) is 0. The number of thiol groups is 1. The maximum atomic E-state index is 4.22. The summed E-state index contributed by atoms with van der Waals surface area (Å²) >= 11 is 4.22. The number of rotatable bonds is 7. The second kappa shape index (κ2) is 7.75. The smallest absolute Gasteiger partial charge is 0.0230 e. The highest BCUT2D eigenvalue weighted by Crippen LogP contribution is 2.07. The van der Waals surface area contributed by atoms with Crippen molar-refractivity contribution in [1.29, 1.82) is 0 Å². The van der Waals surface area contributed by atoms with Gasteiger partial charge >= 0.3 is 0 Å². The van der Waals surface area contributed by atoms with E-state index in [1.807, 2.05) is 0 Å². The average Bonchev–Trinajstić information content (AvgIpc) is 2.24. The van der Waals surface area contributed by atoms with Crippen LogP contribution in [-0.4, -0.2) is 24.2 Å². The molecule has 0 fully saturated rings. The molecule has 0 heterocycles. The predicted octanol–water partition coefficient (Wildman–Crippen LogP) is 3.53. The van der Waals surface area contributed by atoms with Crippen LogP contribution in [0.1, 0.15) is 30.4 Å². The molecule has 0 saturated carbocycles. The minimum absolute atomic E-state index is 1.02. The fraction of sp³-hybridized carbons (Fsp3) is 0.571. The third-order valence-electron chi connectivity index (χ3n) is 2.73. The fourth-order valence-electron chi connectivity index (χ4n) is 1.87. The van der Waals surface area contributed by atoms with Crippen molar-refractivity contribution in [2.75, 3.05) is 19.3 Å². The maximum absolute atomic E-state index is 4.22. The van der Waals surface area contributed by atoms with Crippen molar-refractivity contribution in [3.05, 3.63) is 35.4 Å². The summed E-state index contributed by atoms with van der Waals surface area (Å²) in [5.41, 5.74) is 2.76. The van der Waals surface area contributed by atoms with Crippen molar-refractivity contribution in [3.8, 4) is 0 Å². The van der Waals surface area contributed by atoms with Crippen molar-refractivity contribution < 1.29 is 0 Å². The molecule has 0 atom stereocenters. The first-order valence-electron chi connectivity index (χ1n) is 6.07. The van der Waals surface area contributed by atoms with Crippen LogP contribution in [-0.2, 0) is 6.54 Å². The minimum atomic E-state index is 1.02. The van der Waals surface area contributed by atoms with Gasteiger partial charge in [-0.25, -0.2) is 0 Å². The maximum Gasteiger partial charge on any atom is 0.0230 e. The average molecular weight is 237 g/mol. The lowest BCUT2D eigenvalue weighted by Gasteiger charge is -2.16. The highest BCUT2D eigenvalue weighted by Gasteiger charge is 2.00. The fourth-order valence-corrected chi connectivity index (χ4v) is 2.10. The third kappa shape index (κ3) is 5.57. The van der Waals surface area contributed by atoms with Crippen LogP contribution >= 0.6 is 12.6 Å². The summed E-state index contributed by atoms with van der Waals surface area (Å²) in [7, 11) is 2.20. The van der Waals surface area contributed by atoms with E-state index in [1.165, 1.54) is 36.9 Å². The van der Waals surface area contributed by atoms with Gasteiger partial charge in [0.15, 0.2) is 0 Å². The lowest BCUT2D eigenvalue weighted by atomic mass is 10.1. The second-order valence-corrected chi connectivity index (χ2v) is 4.96. The standard InChI is InChI=1S/C14H23NS/c1-13-7-6-8-14(11-13)12-15(2)9-4-3-5-10-16/h6-8,11,16H,3-5,9-10,12H2,1-2H3. The zero-order valence-corrected chi connectivity index (χ0v) is 11.3. The molecule has 0 amide bonds. The van der Waals surface area contributed by atoms with Crippen LogP contribution in [0.5, 0.6) is 0 Å². The molecule has 0 spiro atoms. The summed E-state index contributed by atoms with van der Waals surface area (Å²) < 4.78 is 0. The summed E-state index contributed by atoms with van der Waals surface area (Å²) in [4.78, 5) is 2.40. The van der Waals surface area contributed by atoms with Gasteiger partial charge in [0.05, 0.1) is 0 Å². The first-order chi connectivity index (χ1) is 7.72. The van der Waals surface area contributed by atoms with Crippen molar-refractivity contribution in [1.82, 2.24) is 4.90 Å².